The molecular formula is C11H24IN3O. The molecule has 0 aromatic rings. The number of hydrogen-bond acceptors (Lipinski definition) is 4. The highest BCUT2D eigenvalue weighted by Crippen LogP contribution is 2.20. The standard InChI is InChI=1S/C11H23N3O.HI/c1-11(2,3)9(15-4)8-14-10-12-6-5-7-13-10;/h9H,5-8H2,1-4H3,(H2,12,13,14);1H. The van der Waals surface area contributed by atoms with Gasteiger partial charge >= 0.3 is 0 Å². The fourth-order valence-corrected chi connectivity index (χ4v) is 1.58. The van der Waals surface area contributed by atoms with E-state index in [1.165, 1.54) is 0 Å². The minimum absolute atomic E-state index is 0. The molecule has 0 aromatic carbocycles. The Labute approximate surface area is 116 Å². The molecule has 0 saturated carbocycles. The van der Waals surface area contributed by atoms with Crippen LogP contribution >= 0.6 is 24.0 Å². The molecule has 16 heavy (non-hydrogen) atoms. The van der Waals surface area contributed by atoms with Crippen molar-refractivity contribution < 1.29 is 4.74 Å². The molecule has 0 saturated heterocycles. The monoisotopic (exact) mass is 341 g/mol. The van der Waals surface area contributed by atoms with Crippen molar-refractivity contribution in [1.29, 1.82) is 0 Å². The molecule has 5 heteroatoms. The summed E-state index contributed by atoms with van der Waals surface area (Å²) in [5.74, 6) is 0.910. The molecule has 0 radical (unpaired) electrons. The Morgan fingerprint density at radius 2 is 2.19 bits per heavy atom. The molecule has 0 amide bonds. The van der Waals surface area contributed by atoms with E-state index in [2.05, 4.69) is 36.4 Å². The summed E-state index contributed by atoms with van der Waals surface area (Å²) in [6.45, 7) is 9.27. The predicted octanol–water partition coefficient (Wildman–Crippen LogP) is 1.60. The van der Waals surface area contributed by atoms with Crippen LogP contribution in [0, 0.1) is 5.41 Å². The molecule has 1 heterocycles. The van der Waals surface area contributed by atoms with Gasteiger partial charge in [0.15, 0.2) is 5.96 Å². The topological polar surface area (TPSA) is 45.6 Å². The normalized spacial score (nSPS) is 17.9. The van der Waals surface area contributed by atoms with Crippen molar-refractivity contribution >= 4 is 29.9 Å². The third-order valence-electron chi connectivity index (χ3n) is 2.60. The Balaban J connectivity index is 0.00000225. The van der Waals surface area contributed by atoms with Gasteiger partial charge in [0.25, 0.3) is 0 Å². The van der Waals surface area contributed by atoms with Crippen LogP contribution < -0.4 is 10.6 Å². The van der Waals surface area contributed by atoms with E-state index >= 15 is 0 Å². The summed E-state index contributed by atoms with van der Waals surface area (Å²) in [6, 6.07) is 0. The van der Waals surface area contributed by atoms with Crippen LogP contribution in [-0.2, 0) is 4.74 Å². The van der Waals surface area contributed by atoms with Gasteiger partial charge in [0.1, 0.15) is 0 Å². The van der Waals surface area contributed by atoms with Gasteiger partial charge in [-0.25, -0.2) is 0 Å². The van der Waals surface area contributed by atoms with Crippen molar-refractivity contribution in [3.8, 4) is 0 Å². The first-order valence-corrected chi connectivity index (χ1v) is 5.59. The summed E-state index contributed by atoms with van der Waals surface area (Å²) >= 11 is 0. The number of rotatable bonds is 3. The lowest BCUT2D eigenvalue weighted by Gasteiger charge is -2.30. The Hall–Kier alpha value is -0.0400. The smallest absolute Gasteiger partial charge is 0.191 e. The molecule has 1 atom stereocenters. The number of guanidine groups is 1. The first-order valence-electron chi connectivity index (χ1n) is 5.59. The van der Waals surface area contributed by atoms with Crippen molar-refractivity contribution in [2.45, 2.75) is 33.3 Å². The lowest BCUT2D eigenvalue weighted by Crippen LogP contribution is -2.46. The number of halogens is 1. The van der Waals surface area contributed by atoms with Gasteiger partial charge in [-0.3, -0.25) is 4.99 Å². The van der Waals surface area contributed by atoms with Gasteiger partial charge in [-0.15, -0.1) is 24.0 Å². The van der Waals surface area contributed by atoms with Gasteiger partial charge in [-0.2, -0.15) is 0 Å². The highest BCUT2D eigenvalue weighted by atomic mass is 127. The zero-order valence-corrected chi connectivity index (χ0v) is 13.0. The van der Waals surface area contributed by atoms with Crippen LogP contribution in [0.3, 0.4) is 0 Å². The Morgan fingerprint density at radius 1 is 1.50 bits per heavy atom. The third kappa shape index (κ3) is 5.34. The van der Waals surface area contributed by atoms with E-state index in [-0.39, 0.29) is 35.5 Å². The first-order chi connectivity index (χ1) is 7.04. The average Bonchev–Trinajstić information content (AvgIpc) is 2.18. The van der Waals surface area contributed by atoms with Gasteiger partial charge in [-0.05, 0) is 11.8 Å². The van der Waals surface area contributed by atoms with E-state index in [1.807, 2.05) is 0 Å². The lowest BCUT2D eigenvalue weighted by atomic mass is 9.89. The van der Waals surface area contributed by atoms with Crippen LogP contribution in [-0.4, -0.2) is 38.8 Å². The SMILES string of the molecule is COC(CNC1=NCCCN1)C(C)(C)C.I. The van der Waals surface area contributed by atoms with Gasteiger partial charge in [-0.1, -0.05) is 20.8 Å². The van der Waals surface area contributed by atoms with Crippen molar-refractivity contribution in [3.63, 3.8) is 0 Å². The Bertz CT molecular complexity index is 226. The van der Waals surface area contributed by atoms with Crippen LogP contribution in [0.25, 0.3) is 0 Å². The maximum absolute atomic E-state index is 5.46. The molecule has 0 spiro atoms. The second-order valence-electron chi connectivity index (χ2n) is 4.98. The Morgan fingerprint density at radius 3 is 2.62 bits per heavy atom. The van der Waals surface area contributed by atoms with Gasteiger partial charge in [0.2, 0.25) is 0 Å². The van der Waals surface area contributed by atoms with Crippen LogP contribution in [0.15, 0.2) is 4.99 Å². The summed E-state index contributed by atoms with van der Waals surface area (Å²) in [5, 5.41) is 6.53. The van der Waals surface area contributed by atoms with E-state index in [4.69, 9.17) is 4.74 Å². The molecule has 0 aromatic heterocycles. The number of methoxy groups -OCH3 is 1. The molecule has 1 aliphatic rings. The fourth-order valence-electron chi connectivity index (χ4n) is 1.58. The van der Waals surface area contributed by atoms with E-state index in [9.17, 15) is 0 Å². The number of aliphatic imine (C=N–C) groups is 1. The number of ether oxygens (including phenoxy) is 1. The lowest BCUT2D eigenvalue weighted by molar-refractivity contribution is 0.0205. The first kappa shape index (κ1) is 16.0. The van der Waals surface area contributed by atoms with Crippen molar-refractivity contribution in [2.75, 3.05) is 26.7 Å². The quantitative estimate of drug-likeness (QED) is 0.767. The van der Waals surface area contributed by atoms with Gasteiger partial charge in [0, 0.05) is 26.7 Å². The summed E-state index contributed by atoms with van der Waals surface area (Å²) in [7, 11) is 1.76. The highest BCUT2D eigenvalue weighted by Gasteiger charge is 2.24. The molecule has 1 rings (SSSR count). The minimum Gasteiger partial charge on any atom is -0.379 e. The zero-order chi connectivity index (χ0) is 11.3. The molecule has 1 aliphatic heterocycles. The van der Waals surface area contributed by atoms with Crippen LogP contribution in [0.5, 0.6) is 0 Å². The molecule has 4 nitrogen and oxygen atoms in total. The van der Waals surface area contributed by atoms with E-state index in [0.717, 1.165) is 32.0 Å². The summed E-state index contributed by atoms with van der Waals surface area (Å²) in [6.07, 6.45) is 1.32. The van der Waals surface area contributed by atoms with Crippen molar-refractivity contribution in [2.24, 2.45) is 10.4 Å². The largest absolute Gasteiger partial charge is 0.379 e. The molecule has 96 valence electrons. The number of hydrogen-bond donors (Lipinski definition) is 2. The molecular weight excluding hydrogens is 317 g/mol. The van der Waals surface area contributed by atoms with Gasteiger partial charge < -0.3 is 15.4 Å². The van der Waals surface area contributed by atoms with Crippen molar-refractivity contribution in [3.05, 3.63) is 0 Å². The fraction of sp³-hybridized carbons (Fsp3) is 0.909. The van der Waals surface area contributed by atoms with Crippen LogP contribution in [0.4, 0.5) is 0 Å². The van der Waals surface area contributed by atoms with Crippen molar-refractivity contribution in [1.82, 2.24) is 10.6 Å². The summed E-state index contributed by atoms with van der Waals surface area (Å²) < 4.78 is 5.46. The molecule has 0 bridgehead atoms. The Kier molecular flexibility index (Phi) is 7.30. The van der Waals surface area contributed by atoms with Gasteiger partial charge in [0.05, 0.1) is 6.10 Å². The number of nitrogens with zero attached hydrogens (tertiary/aromatic N) is 1. The number of nitrogens with one attached hydrogen (secondary N) is 2. The summed E-state index contributed by atoms with van der Waals surface area (Å²) in [5.41, 5.74) is 0.150. The maximum Gasteiger partial charge on any atom is 0.191 e. The maximum atomic E-state index is 5.46. The third-order valence-corrected chi connectivity index (χ3v) is 2.60. The molecule has 0 fully saturated rings. The van der Waals surface area contributed by atoms with E-state index < -0.39 is 0 Å². The zero-order valence-electron chi connectivity index (χ0n) is 10.7. The molecule has 0 aliphatic carbocycles. The van der Waals surface area contributed by atoms with Crippen LogP contribution in [0.2, 0.25) is 0 Å². The highest BCUT2D eigenvalue weighted by molar-refractivity contribution is 14.0. The average molecular weight is 341 g/mol. The minimum atomic E-state index is 0. The molecule has 2 N–H and O–H groups in total. The van der Waals surface area contributed by atoms with E-state index in [1.54, 1.807) is 7.11 Å². The van der Waals surface area contributed by atoms with E-state index in [0.29, 0.717) is 0 Å². The van der Waals surface area contributed by atoms with Crippen LogP contribution in [0.1, 0.15) is 27.2 Å². The molecule has 1 unspecified atom stereocenters. The predicted molar refractivity (Wildman–Crippen MR) is 78.6 cm³/mol. The second-order valence-corrected chi connectivity index (χ2v) is 4.98. The summed E-state index contributed by atoms with van der Waals surface area (Å²) in [4.78, 5) is 4.36. The second kappa shape index (κ2) is 7.32.